The van der Waals surface area contributed by atoms with Crippen LogP contribution in [-0.4, -0.2) is 19.6 Å². The summed E-state index contributed by atoms with van der Waals surface area (Å²) in [5.74, 6) is 0.853. The number of pyridine rings is 1. The molecule has 0 radical (unpaired) electrons. The van der Waals surface area contributed by atoms with Gasteiger partial charge in [0.1, 0.15) is 11.5 Å². The van der Waals surface area contributed by atoms with E-state index in [1.807, 2.05) is 60.8 Å². The molecule has 7 heteroatoms. The van der Waals surface area contributed by atoms with Gasteiger partial charge < -0.3 is 9.52 Å². The molecule has 0 aliphatic heterocycles. The zero-order valence-corrected chi connectivity index (χ0v) is 36.8. The molecule has 0 aliphatic rings. The molecule has 0 spiro atoms. The van der Waals surface area contributed by atoms with E-state index in [2.05, 4.69) is 108 Å². The maximum Gasteiger partial charge on any atom is 0.176 e. The number of imidazole rings is 1. The van der Waals surface area contributed by atoms with Crippen LogP contribution in [0.3, 0.4) is 0 Å². The van der Waals surface area contributed by atoms with Crippen LogP contribution < -0.4 is 0 Å². The number of para-hydroxylation sites is 1. The number of benzene rings is 5. The van der Waals surface area contributed by atoms with Crippen molar-refractivity contribution >= 4 is 22.0 Å². The molecule has 3 heterocycles. The molecular weight excluding hydrogens is 901 g/mol. The van der Waals surface area contributed by atoms with Crippen molar-refractivity contribution in [2.24, 2.45) is 0 Å². The van der Waals surface area contributed by atoms with Crippen molar-refractivity contribution in [3.05, 3.63) is 144 Å². The molecule has 3 aromatic heterocycles. The molecule has 8 rings (SSSR count). The smallest absolute Gasteiger partial charge is 0.176 e. The van der Waals surface area contributed by atoms with Crippen LogP contribution in [0.25, 0.3) is 72.6 Å². The van der Waals surface area contributed by atoms with Gasteiger partial charge in [0.05, 0.1) is 28.5 Å². The maximum absolute atomic E-state index is 16.5. The van der Waals surface area contributed by atoms with Gasteiger partial charge in [-0.2, -0.15) is 0 Å². The van der Waals surface area contributed by atoms with Crippen LogP contribution in [0.5, 0.6) is 5.75 Å². The topological polar surface area (TPSA) is 64.1 Å². The number of phenols is 1. The van der Waals surface area contributed by atoms with Gasteiger partial charge in [0.2, 0.25) is 0 Å². The van der Waals surface area contributed by atoms with Crippen LogP contribution in [0.2, 0.25) is 0 Å². The molecule has 0 amide bonds. The Morgan fingerprint density at radius 3 is 2.07 bits per heavy atom. The van der Waals surface area contributed by atoms with E-state index in [0.29, 0.717) is 28.1 Å². The van der Waals surface area contributed by atoms with Crippen molar-refractivity contribution in [1.29, 1.82) is 0 Å². The quantitative estimate of drug-likeness (QED) is 0.154. The first-order valence-corrected chi connectivity index (χ1v) is 19.8. The molecule has 298 valence electrons. The number of halogens is 1. The molecule has 0 saturated carbocycles. The maximum atomic E-state index is 16.5. The Morgan fingerprint density at radius 1 is 0.724 bits per heavy atom. The number of hydrogen-bond donors (Lipinski definition) is 1. The Labute approximate surface area is 355 Å². The van der Waals surface area contributed by atoms with Crippen molar-refractivity contribution in [1.82, 2.24) is 14.5 Å². The Balaban J connectivity index is 0.00000512. The first-order chi connectivity index (χ1) is 27.1. The summed E-state index contributed by atoms with van der Waals surface area (Å²) < 4.78 is 24.5. The molecule has 0 bridgehead atoms. The summed E-state index contributed by atoms with van der Waals surface area (Å²) in [5.41, 5.74) is 10.5. The fourth-order valence-corrected chi connectivity index (χ4v) is 7.77. The van der Waals surface area contributed by atoms with Gasteiger partial charge in [0, 0.05) is 38.3 Å². The fraction of sp³-hybridized carbons (Fsp3) is 0.255. The number of aromatic nitrogens is 3. The number of rotatable bonds is 8. The zero-order chi connectivity index (χ0) is 40.4. The molecule has 0 aliphatic carbocycles. The summed E-state index contributed by atoms with van der Waals surface area (Å²) in [4.78, 5) is 10.3. The Hall–Kier alpha value is -5.32. The van der Waals surface area contributed by atoms with Crippen LogP contribution >= 0.6 is 0 Å². The van der Waals surface area contributed by atoms with Gasteiger partial charge in [0.25, 0.3) is 0 Å². The van der Waals surface area contributed by atoms with E-state index >= 15 is 4.39 Å². The molecule has 0 fully saturated rings. The van der Waals surface area contributed by atoms with Crippen molar-refractivity contribution in [3.8, 4) is 56.3 Å². The first-order valence-electron chi connectivity index (χ1n) is 19.8. The van der Waals surface area contributed by atoms with Gasteiger partial charge >= 0.3 is 0 Å². The number of aromatic hydroxyl groups is 1. The second kappa shape index (κ2) is 15.5. The second-order valence-electron chi connectivity index (χ2n) is 17.3. The number of fused-ring (bicyclic) bond motifs is 2. The van der Waals surface area contributed by atoms with E-state index in [1.54, 1.807) is 20.1 Å². The molecule has 1 N–H and O–H groups in total. The number of furan rings is 1. The van der Waals surface area contributed by atoms with E-state index in [4.69, 9.17) is 14.4 Å². The number of nitrogens with zero attached hydrogens (tertiary/aromatic N) is 3. The van der Waals surface area contributed by atoms with Gasteiger partial charge in [-0.15, -0.1) is 29.3 Å². The summed E-state index contributed by atoms with van der Waals surface area (Å²) in [6, 6.07) is 38.4. The molecule has 58 heavy (non-hydrogen) atoms. The van der Waals surface area contributed by atoms with Crippen LogP contribution in [0.15, 0.2) is 120 Å². The average molecular weight is 950 g/mol. The number of alkyl halides is 1. The van der Waals surface area contributed by atoms with E-state index in [0.717, 1.165) is 66.8 Å². The van der Waals surface area contributed by atoms with Crippen LogP contribution in [0, 0.1) is 6.07 Å². The number of hydrogen-bond acceptors (Lipinski definition) is 4. The molecule has 8 aromatic rings. The predicted molar refractivity (Wildman–Crippen MR) is 232 cm³/mol. The normalized spacial score (nSPS) is 12.2. The van der Waals surface area contributed by atoms with Gasteiger partial charge in [-0.1, -0.05) is 126 Å². The average Bonchev–Trinajstić information content (AvgIpc) is 3.82. The molecule has 5 aromatic carbocycles. The van der Waals surface area contributed by atoms with E-state index in [9.17, 15) is 5.11 Å². The number of phenolic OH excluding ortho intramolecular Hbond substituents is 1. The van der Waals surface area contributed by atoms with Crippen LogP contribution in [-0.2, 0) is 32.1 Å². The summed E-state index contributed by atoms with van der Waals surface area (Å²) in [7, 11) is 0. The summed E-state index contributed by atoms with van der Waals surface area (Å²) in [5, 5.41) is 12.7. The predicted octanol–water partition coefficient (Wildman–Crippen LogP) is 14.1. The molecular formula is C51H49FN3O2Pt-. The van der Waals surface area contributed by atoms with Crippen molar-refractivity contribution in [2.45, 2.75) is 85.2 Å². The van der Waals surface area contributed by atoms with Gasteiger partial charge in [-0.25, -0.2) is 9.37 Å². The third-order valence-corrected chi connectivity index (χ3v) is 11.0. The summed E-state index contributed by atoms with van der Waals surface area (Å²) >= 11 is 0. The minimum Gasteiger partial charge on any atom is -0.504 e. The fourth-order valence-electron chi connectivity index (χ4n) is 7.77. The van der Waals surface area contributed by atoms with E-state index in [1.165, 1.54) is 0 Å². The minimum absolute atomic E-state index is 0. The molecule has 0 saturated heterocycles. The molecule has 0 atom stereocenters. The summed E-state index contributed by atoms with van der Waals surface area (Å²) in [6.45, 7) is 18.5. The first kappa shape index (κ1) is 40.9. The van der Waals surface area contributed by atoms with E-state index < -0.39 is 5.67 Å². The largest absolute Gasteiger partial charge is 0.504 e. The monoisotopic (exact) mass is 949 g/mol. The van der Waals surface area contributed by atoms with Crippen molar-refractivity contribution in [2.75, 3.05) is 0 Å². The minimum atomic E-state index is -1.69. The SMILES string of the molecule is CC(C)c1cccc(C(C)C)c1-n1c(-c2ccc3ccoc3c2O)nc2c(-c3[c-]c(-c4cc(-c5ccccc5)ccn4)cc(C(C)(C)C)c3)cc(C(C)(C)F)cc21.[Pt]. The Morgan fingerprint density at radius 2 is 1.41 bits per heavy atom. The van der Waals surface area contributed by atoms with E-state index in [-0.39, 0.29) is 44.1 Å². The van der Waals surface area contributed by atoms with Crippen LogP contribution in [0.1, 0.15) is 96.4 Å². The van der Waals surface area contributed by atoms with Gasteiger partial charge in [0.15, 0.2) is 11.3 Å². The summed E-state index contributed by atoms with van der Waals surface area (Å²) in [6.07, 6.45) is 3.42. The molecule has 5 nitrogen and oxygen atoms in total. The Kier molecular flexibility index (Phi) is 10.9. The third-order valence-electron chi connectivity index (χ3n) is 11.0. The van der Waals surface area contributed by atoms with Gasteiger partial charge in [-0.3, -0.25) is 9.55 Å². The standard InChI is InChI=1S/C51H49FN3O2.Pt/c1-30(2)39-16-13-17-40(31(3)4)46(39)55-44-29-38(51(8,9)52)28-42(45(44)54-49(55)41-19-18-33-21-23-57-48(33)47(41)56)35-24-36(26-37(25-35)50(5,6)7)43-27-34(20-22-53-43)32-14-11-10-12-15-32;/h10-23,25-31,56H,1-9H3;/q-1;. The second-order valence-corrected chi connectivity index (χ2v) is 17.3. The zero-order valence-electron chi connectivity index (χ0n) is 34.5. The molecule has 0 unspecified atom stereocenters. The van der Waals surface area contributed by atoms with Crippen molar-refractivity contribution < 1.29 is 35.0 Å². The van der Waals surface area contributed by atoms with Gasteiger partial charge in [-0.05, 0) is 83.2 Å². The Bertz CT molecular complexity index is 2760. The van der Waals surface area contributed by atoms with Crippen molar-refractivity contribution in [3.63, 3.8) is 0 Å². The third kappa shape index (κ3) is 7.44. The van der Waals surface area contributed by atoms with Crippen LogP contribution in [0.4, 0.5) is 4.39 Å².